The number of rotatable bonds is 4. The summed E-state index contributed by atoms with van der Waals surface area (Å²) in [5.41, 5.74) is 3.58. The lowest BCUT2D eigenvalue weighted by atomic mass is 10.1. The number of carbonyl (C=O) groups is 1. The van der Waals surface area contributed by atoms with Gasteiger partial charge in [-0.1, -0.05) is 32.0 Å². The quantitative estimate of drug-likeness (QED) is 0.818. The monoisotopic (exact) mass is 259 g/mol. The number of hydrogen-bond acceptors (Lipinski definition) is 3. The van der Waals surface area contributed by atoms with Crippen molar-refractivity contribution in [3.05, 3.63) is 46.2 Å². The zero-order valence-electron chi connectivity index (χ0n) is 11.1. The SMILES string of the molecule is CCN(CC)NC(=O)c1cc(=O)[nH]c2ccccc12. The third-order valence-electron chi connectivity index (χ3n) is 3.02. The molecular weight excluding hydrogens is 242 g/mol. The first-order chi connectivity index (χ1) is 9.15. The Morgan fingerprint density at radius 3 is 2.63 bits per heavy atom. The largest absolute Gasteiger partial charge is 0.322 e. The van der Waals surface area contributed by atoms with Gasteiger partial charge in [0.25, 0.3) is 5.91 Å². The van der Waals surface area contributed by atoms with E-state index < -0.39 is 0 Å². The lowest BCUT2D eigenvalue weighted by Gasteiger charge is -2.19. The predicted molar refractivity (Wildman–Crippen MR) is 75.0 cm³/mol. The average Bonchev–Trinajstić information content (AvgIpc) is 2.43. The van der Waals surface area contributed by atoms with E-state index in [2.05, 4.69) is 10.4 Å². The molecule has 0 unspecified atom stereocenters. The molecule has 0 aliphatic carbocycles. The molecule has 0 fully saturated rings. The summed E-state index contributed by atoms with van der Waals surface area (Å²) in [5, 5.41) is 2.53. The van der Waals surface area contributed by atoms with E-state index in [0.717, 1.165) is 5.39 Å². The normalized spacial score (nSPS) is 10.9. The lowest BCUT2D eigenvalue weighted by molar-refractivity contribution is 0.0807. The van der Waals surface area contributed by atoms with E-state index in [9.17, 15) is 9.59 Å². The number of hydrazine groups is 1. The number of amides is 1. The van der Waals surface area contributed by atoms with Crippen molar-refractivity contribution in [2.75, 3.05) is 13.1 Å². The summed E-state index contributed by atoms with van der Waals surface area (Å²) in [6.07, 6.45) is 0. The number of hydrogen-bond donors (Lipinski definition) is 2. The molecule has 5 heteroatoms. The molecule has 0 aliphatic rings. The number of nitrogens with one attached hydrogen (secondary N) is 2. The Morgan fingerprint density at radius 2 is 1.95 bits per heavy atom. The van der Waals surface area contributed by atoms with E-state index in [1.807, 2.05) is 32.0 Å². The van der Waals surface area contributed by atoms with Crippen LogP contribution in [-0.4, -0.2) is 29.0 Å². The number of benzene rings is 1. The van der Waals surface area contributed by atoms with Gasteiger partial charge in [0.05, 0.1) is 5.56 Å². The molecule has 1 amide bonds. The molecule has 100 valence electrons. The van der Waals surface area contributed by atoms with E-state index in [4.69, 9.17) is 0 Å². The number of aromatic amines is 1. The van der Waals surface area contributed by atoms with Gasteiger partial charge in [-0.15, -0.1) is 0 Å². The van der Waals surface area contributed by atoms with Crippen LogP contribution < -0.4 is 11.0 Å². The van der Waals surface area contributed by atoms with E-state index in [1.54, 1.807) is 11.1 Å². The fourth-order valence-corrected chi connectivity index (χ4v) is 1.98. The number of nitrogens with zero attached hydrogens (tertiary/aromatic N) is 1. The number of para-hydroxylation sites is 1. The van der Waals surface area contributed by atoms with E-state index >= 15 is 0 Å². The maximum atomic E-state index is 12.2. The third kappa shape index (κ3) is 2.82. The van der Waals surface area contributed by atoms with Crippen LogP contribution in [0.15, 0.2) is 35.1 Å². The fraction of sp³-hybridized carbons (Fsp3) is 0.286. The van der Waals surface area contributed by atoms with Crippen molar-refractivity contribution in [2.45, 2.75) is 13.8 Å². The minimum atomic E-state index is -0.275. The van der Waals surface area contributed by atoms with E-state index in [0.29, 0.717) is 24.2 Å². The summed E-state index contributed by atoms with van der Waals surface area (Å²) < 4.78 is 0. The van der Waals surface area contributed by atoms with Crippen LogP contribution in [0.1, 0.15) is 24.2 Å². The molecule has 19 heavy (non-hydrogen) atoms. The standard InChI is InChI=1S/C14H17N3O2/c1-3-17(4-2)16-14(19)11-9-13(18)15-12-8-6-5-7-10(11)12/h5-9H,3-4H2,1-2H3,(H,15,18)(H,16,19). The number of H-pyrrole nitrogens is 1. The summed E-state index contributed by atoms with van der Waals surface area (Å²) in [4.78, 5) is 26.5. The Labute approximate surface area is 111 Å². The van der Waals surface area contributed by atoms with Gasteiger partial charge >= 0.3 is 0 Å². The van der Waals surface area contributed by atoms with Crippen LogP contribution in [0, 0.1) is 0 Å². The molecule has 2 aromatic rings. The number of fused-ring (bicyclic) bond motifs is 1. The molecule has 0 saturated carbocycles. The summed E-state index contributed by atoms with van der Waals surface area (Å²) >= 11 is 0. The minimum Gasteiger partial charge on any atom is -0.322 e. The second-order valence-corrected chi connectivity index (χ2v) is 4.21. The second-order valence-electron chi connectivity index (χ2n) is 4.21. The highest BCUT2D eigenvalue weighted by atomic mass is 16.2. The molecule has 0 bridgehead atoms. The van der Waals surface area contributed by atoms with Crippen molar-refractivity contribution in [3.8, 4) is 0 Å². The molecule has 0 radical (unpaired) electrons. The molecular formula is C14H17N3O2. The van der Waals surface area contributed by atoms with E-state index in [-0.39, 0.29) is 11.5 Å². The van der Waals surface area contributed by atoms with Crippen molar-refractivity contribution < 1.29 is 4.79 Å². The summed E-state index contributed by atoms with van der Waals surface area (Å²) in [7, 11) is 0. The van der Waals surface area contributed by atoms with Gasteiger partial charge in [0.1, 0.15) is 0 Å². The molecule has 2 N–H and O–H groups in total. The first-order valence-corrected chi connectivity index (χ1v) is 6.33. The Balaban J connectivity index is 2.44. The van der Waals surface area contributed by atoms with Crippen molar-refractivity contribution in [1.29, 1.82) is 0 Å². The topological polar surface area (TPSA) is 65.2 Å². The fourth-order valence-electron chi connectivity index (χ4n) is 1.98. The van der Waals surface area contributed by atoms with Crippen LogP contribution >= 0.6 is 0 Å². The van der Waals surface area contributed by atoms with Crippen molar-refractivity contribution in [1.82, 2.24) is 15.4 Å². The smallest absolute Gasteiger partial charge is 0.266 e. The van der Waals surface area contributed by atoms with Crippen LogP contribution in [0.5, 0.6) is 0 Å². The molecule has 5 nitrogen and oxygen atoms in total. The Hall–Kier alpha value is -2.14. The zero-order chi connectivity index (χ0) is 13.8. The van der Waals surface area contributed by atoms with Gasteiger partial charge in [0.15, 0.2) is 0 Å². The average molecular weight is 259 g/mol. The minimum absolute atomic E-state index is 0.258. The van der Waals surface area contributed by atoms with Gasteiger partial charge in [0, 0.05) is 30.1 Å². The maximum absolute atomic E-state index is 12.2. The zero-order valence-corrected chi connectivity index (χ0v) is 11.1. The highest BCUT2D eigenvalue weighted by Gasteiger charge is 2.13. The first-order valence-electron chi connectivity index (χ1n) is 6.33. The van der Waals surface area contributed by atoms with Crippen molar-refractivity contribution in [3.63, 3.8) is 0 Å². The Morgan fingerprint density at radius 1 is 1.26 bits per heavy atom. The van der Waals surface area contributed by atoms with Gasteiger partial charge in [-0.2, -0.15) is 0 Å². The van der Waals surface area contributed by atoms with Crippen LogP contribution in [0.3, 0.4) is 0 Å². The molecule has 0 atom stereocenters. The summed E-state index contributed by atoms with van der Waals surface area (Å²) in [6.45, 7) is 5.34. The summed E-state index contributed by atoms with van der Waals surface area (Å²) in [6, 6.07) is 8.60. The highest BCUT2D eigenvalue weighted by molar-refractivity contribution is 6.05. The van der Waals surface area contributed by atoms with Gasteiger partial charge in [0.2, 0.25) is 5.56 Å². The van der Waals surface area contributed by atoms with Crippen molar-refractivity contribution >= 4 is 16.8 Å². The van der Waals surface area contributed by atoms with Crippen LogP contribution in [0.2, 0.25) is 0 Å². The van der Waals surface area contributed by atoms with Crippen LogP contribution in [0.4, 0.5) is 0 Å². The maximum Gasteiger partial charge on any atom is 0.266 e. The molecule has 1 aromatic heterocycles. The van der Waals surface area contributed by atoms with Crippen molar-refractivity contribution in [2.24, 2.45) is 0 Å². The molecule has 0 saturated heterocycles. The van der Waals surface area contributed by atoms with E-state index in [1.165, 1.54) is 6.07 Å². The predicted octanol–water partition coefficient (Wildman–Crippen LogP) is 1.51. The molecule has 1 heterocycles. The van der Waals surface area contributed by atoms with Gasteiger partial charge in [-0.25, -0.2) is 5.01 Å². The molecule has 0 aliphatic heterocycles. The highest BCUT2D eigenvalue weighted by Crippen LogP contribution is 2.14. The number of aromatic nitrogens is 1. The summed E-state index contributed by atoms with van der Waals surface area (Å²) in [5.74, 6) is -0.258. The molecule has 1 aromatic carbocycles. The second kappa shape index (κ2) is 5.67. The molecule has 2 rings (SSSR count). The first kappa shape index (κ1) is 13.3. The van der Waals surface area contributed by atoms with Gasteiger partial charge in [-0.3, -0.25) is 15.0 Å². The van der Waals surface area contributed by atoms with Crippen LogP contribution in [0.25, 0.3) is 10.9 Å². The lowest BCUT2D eigenvalue weighted by Crippen LogP contribution is -2.42. The van der Waals surface area contributed by atoms with Gasteiger partial charge < -0.3 is 4.98 Å². The van der Waals surface area contributed by atoms with Crippen LogP contribution in [-0.2, 0) is 0 Å². The third-order valence-corrected chi connectivity index (χ3v) is 3.02. The molecule has 0 spiro atoms. The van der Waals surface area contributed by atoms with Gasteiger partial charge in [-0.05, 0) is 6.07 Å². The Kier molecular flexibility index (Phi) is 3.97. The number of carbonyl (C=O) groups excluding carboxylic acids is 1. The number of pyridine rings is 1. The Bertz CT molecular complexity index is 644.